The highest BCUT2D eigenvalue weighted by molar-refractivity contribution is 7.10. The van der Waals surface area contributed by atoms with Crippen LogP contribution in [0.15, 0.2) is 60.0 Å². The largest absolute Gasteiger partial charge is 0.320 e. The van der Waals surface area contributed by atoms with Crippen LogP contribution in [0.3, 0.4) is 0 Å². The van der Waals surface area contributed by atoms with E-state index in [9.17, 15) is 0 Å². The predicted molar refractivity (Wildman–Crippen MR) is 101 cm³/mol. The van der Waals surface area contributed by atoms with Crippen molar-refractivity contribution in [3.63, 3.8) is 0 Å². The van der Waals surface area contributed by atoms with Crippen molar-refractivity contribution in [3.05, 3.63) is 70.4 Å². The number of nitrogens with one attached hydrogen (secondary N) is 1. The van der Waals surface area contributed by atoms with E-state index in [0.717, 1.165) is 6.54 Å². The van der Waals surface area contributed by atoms with Crippen LogP contribution in [0.1, 0.15) is 29.2 Å². The molecule has 0 aliphatic carbocycles. The van der Waals surface area contributed by atoms with Crippen LogP contribution in [-0.2, 0) is 0 Å². The monoisotopic (exact) mass is 331 g/mol. The van der Waals surface area contributed by atoms with Crippen LogP contribution < -0.4 is 5.32 Å². The lowest BCUT2D eigenvalue weighted by atomic mass is 9.89. The van der Waals surface area contributed by atoms with Crippen LogP contribution in [-0.4, -0.2) is 13.6 Å². The Balaban J connectivity index is 0.00000176. The van der Waals surface area contributed by atoms with E-state index in [1.54, 1.807) is 0 Å². The smallest absolute Gasteiger partial charge is 0.0190 e. The van der Waals surface area contributed by atoms with Crippen LogP contribution in [0.25, 0.3) is 10.8 Å². The van der Waals surface area contributed by atoms with Crippen molar-refractivity contribution in [1.29, 1.82) is 0 Å². The van der Waals surface area contributed by atoms with Gasteiger partial charge in [-0.15, -0.1) is 23.7 Å². The van der Waals surface area contributed by atoms with Crippen molar-refractivity contribution in [2.75, 3.05) is 13.6 Å². The zero-order chi connectivity index (χ0) is 14.5. The molecule has 0 amide bonds. The molecule has 1 nitrogen and oxygen atoms in total. The average Bonchev–Trinajstić information content (AvgIpc) is 3.05. The third-order valence-electron chi connectivity index (χ3n) is 4.00. The summed E-state index contributed by atoms with van der Waals surface area (Å²) in [5, 5.41) is 8.18. The summed E-state index contributed by atoms with van der Waals surface area (Å²) in [6.07, 6.45) is 2.39. The van der Waals surface area contributed by atoms with Gasteiger partial charge in [-0.05, 0) is 54.2 Å². The van der Waals surface area contributed by atoms with Crippen LogP contribution in [0.5, 0.6) is 0 Å². The Morgan fingerprint density at radius 2 is 1.82 bits per heavy atom. The number of halogens is 1. The van der Waals surface area contributed by atoms with Gasteiger partial charge in [0.1, 0.15) is 0 Å². The van der Waals surface area contributed by atoms with Gasteiger partial charge in [0.25, 0.3) is 0 Å². The lowest BCUT2D eigenvalue weighted by Crippen LogP contribution is -2.10. The normalized spacial score (nSPS) is 12.0. The van der Waals surface area contributed by atoms with E-state index >= 15 is 0 Å². The van der Waals surface area contributed by atoms with Crippen molar-refractivity contribution in [2.45, 2.75) is 18.8 Å². The number of rotatable bonds is 6. The molecular formula is C19H22ClNS. The quantitative estimate of drug-likeness (QED) is 0.592. The fraction of sp³-hybridized carbons (Fsp3) is 0.263. The van der Waals surface area contributed by atoms with Crippen molar-refractivity contribution in [3.8, 4) is 0 Å². The van der Waals surface area contributed by atoms with Gasteiger partial charge in [-0.2, -0.15) is 0 Å². The number of benzene rings is 2. The van der Waals surface area contributed by atoms with Crippen molar-refractivity contribution in [2.24, 2.45) is 0 Å². The second-order valence-electron chi connectivity index (χ2n) is 5.38. The van der Waals surface area contributed by atoms with Gasteiger partial charge in [0.15, 0.2) is 0 Å². The van der Waals surface area contributed by atoms with Crippen LogP contribution in [0, 0.1) is 0 Å². The molecule has 1 N–H and O–H groups in total. The Morgan fingerprint density at radius 1 is 1.00 bits per heavy atom. The average molecular weight is 332 g/mol. The first-order chi connectivity index (χ1) is 10.4. The summed E-state index contributed by atoms with van der Waals surface area (Å²) in [5.74, 6) is 0.504. The summed E-state index contributed by atoms with van der Waals surface area (Å²) < 4.78 is 0. The van der Waals surface area contributed by atoms with E-state index in [-0.39, 0.29) is 12.4 Å². The first kappa shape index (κ1) is 17.0. The maximum Gasteiger partial charge on any atom is 0.0190 e. The highest BCUT2D eigenvalue weighted by Gasteiger charge is 2.17. The van der Waals surface area contributed by atoms with E-state index in [2.05, 4.69) is 65.3 Å². The van der Waals surface area contributed by atoms with Gasteiger partial charge in [0, 0.05) is 10.8 Å². The van der Waals surface area contributed by atoms with Crippen LogP contribution in [0.2, 0.25) is 0 Å². The molecule has 3 aromatic rings. The zero-order valence-electron chi connectivity index (χ0n) is 12.8. The molecule has 1 aromatic heterocycles. The Hall–Kier alpha value is -1.35. The minimum Gasteiger partial charge on any atom is -0.320 e. The summed E-state index contributed by atoms with van der Waals surface area (Å²) in [7, 11) is 2.03. The van der Waals surface area contributed by atoms with Crippen LogP contribution in [0.4, 0.5) is 0 Å². The van der Waals surface area contributed by atoms with Crippen LogP contribution >= 0.6 is 23.7 Å². The van der Waals surface area contributed by atoms with Gasteiger partial charge < -0.3 is 5.32 Å². The molecule has 0 aliphatic rings. The van der Waals surface area contributed by atoms with Gasteiger partial charge in [0.2, 0.25) is 0 Å². The van der Waals surface area contributed by atoms with Crippen molar-refractivity contribution >= 4 is 34.5 Å². The standard InChI is InChI=1S/C19H21NS.ClH/c1-20-13-5-11-18(19-12-6-14-21-19)17-10-4-8-15-7-2-3-9-16(15)17;/h2-4,6-10,12,14,18,20H,5,11,13H2,1H3;1H. The Kier molecular flexibility index (Phi) is 6.44. The Labute approximate surface area is 142 Å². The predicted octanol–water partition coefficient (Wildman–Crippen LogP) is 5.45. The maximum atomic E-state index is 3.26. The topological polar surface area (TPSA) is 12.0 Å². The molecule has 3 heteroatoms. The van der Waals surface area contributed by atoms with E-state index in [1.165, 1.54) is 34.1 Å². The summed E-state index contributed by atoms with van der Waals surface area (Å²) in [6.45, 7) is 1.08. The first-order valence-electron chi connectivity index (χ1n) is 7.56. The minimum absolute atomic E-state index is 0. The fourth-order valence-electron chi connectivity index (χ4n) is 2.98. The van der Waals surface area contributed by atoms with E-state index in [0.29, 0.717) is 5.92 Å². The molecule has 0 radical (unpaired) electrons. The summed E-state index contributed by atoms with van der Waals surface area (Å²) in [4.78, 5) is 1.47. The molecule has 2 aromatic carbocycles. The Morgan fingerprint density at radius 3 is 2.59 bits per heavy atom. The van der Waals surface area contributed by atoms with Crippen molar-refractivity contribution < 1.29 is 0 Å². The third kappa shape index (κ3) is 3.70. The zero-order valence-corrected chi connectivity index (χ0v) is 14.4. The van der Waals surface area contributed by atoms with Gasteiger partial charge in [-0.1, -0.05) is 48.5 Å². The molecule has 0 bridgehead atoms. The molecule has 0 aliphatic heterocycles. The molecule has 0 saturated heterocycles. The first-order valence-corrected chi connectivity index (χ1v) is 8.44. The molecule has 116 valence electrons. The van der Waals surface area contributed by atoms with Gasteiger partial charge in [0.05, 0.1) is 0 Å². The summed E-state index contributed by atoms with van der Waals surface area (Å²) in [5.41, 5.74) is 1.46. The minimum atomic E-state index is 0. The van der Waals surface area contributed by atoms with E-state index < -0.39 is 0 Å². The molecular weight excluding hydrogens is 310 g/mol. The molecule has 0 saturated carbocycles. The second kappa shape index (κ2) is 8.33. The number of fused-ring (bicyclic) bond motifs is 1. The molecule has 3 rings (SSSR count). The molecule has 1 heterocycles. The number of thiophene rings is 1. The van der Waals surface area contributed by atoms with Gasteiger partial charge in [-0.3, -0.25) is 0 Å². The summed E-state index contributed by atoms with van der Waals surface area (Å²) in [6, 6.07) is 19.9. The second-order valence-corrected chi connectivity index (χ2v) is 6.36. The molecule has 0 spiro atoms. The lowest BCUT2D eigenvalue weighted by Gasteiger charge is -2.18. The number of hydrogen-bond acceptors (Lipinski definition) is 2. The molecule has 1 atom stereocenters. The lowest BCUT2D eigenvalue weighted by molar-refractivity contribution is 0.636. The highest BCUT2D eigenvalue weighted by atomic mass is 35.5. The fourth-order valence-corrected chi connectivity index (χ4v) is 3.86. The molecule has 0 fully saturated rings. The number of hydrogen-bond donors (Lipinski definition) is 1. The van der Waals surface area contributed by atoms with Gasteiger partial charge >= 0.3 is 0 Å². The Bertz CT molecular complexity index is 688. The van der Waals surface area contributed by atoms with Gasteiger partial charge in [-0.25, -0.2) is 0 Å². The maximum absolute atomic E-state index is 3.26. The molecule has 1 unspecified atom stereocenters. The molecule has 22 heavy (non-hydrogen) atoms. The van der Waals surface area contributed by atoms with Crippen molar-refractivity contribution in [1.82, 2.24) is 5.32 Å². The highest BCUT2D eigenvalue weighted by Crippen LogP contribution is 2.36. The van der Waals surface area contributed by atoms with E-state index in [4.69, 9.17) is 0 Å². The summed E-state index contributed by atoms with van der Waals surface area (Å²) >= 11 is 1.87. The SMILES string of the molecule is CNCCCC(c1cccs1)c1cccc2ccccc12.Cl. The van der Waals surface area contributed by atoms with E-state index in [1.807, 2.05) is 18.4 Å². The third-order valence-corrected chi connectivity index (χ3v) is 4.99.